The molecule has 2 aromatic rings. The number of rotatable bonds is 3. The predicted molar refractivity (Wildman–Crippen MR) is 85.2 cm³/mol. The summed E-state index contributed by atoms with van der Waals surface area (Å²) in [6.45, 7) is 5.78. The molecule has 114 valence electrons. The molecule has 21 heavy (non-hydrogen) atoms. The van der Waals surface area contributed by atoms with Gasteiger partial charge in [-0.2, -0.15) is 0 Å². The molecule has 1 aromatic carbocycles. The number of sulfonamides is 1. The molecule has 0 spiro atoms. The van der Waals surface area contributed by atoms with Crippen LogP contribution in [0.5, 0.6) is 0 Å². The number of anilines is 1. The molecule has 0 radical (unpaired) electrons. The number of hydrogen-bond donors (Lipinski definition) is 1. The van der Waals surface area contributed by atoms with Crippen LogP contribution in [0.15, 0.2) is 16.5 Å². The van der Waals surface area contributed by atoms with Crippen LogP contribution in [-0.4, -0.2) is 14.2 Å². The average Bonchev–Trinajstić information content (AvgIpc) is 2.76. The first kappa shape index (κ1) is 14.4. The Morgan fingerprint density at radius 2 is 2.14 bits per heavy atom. The minimum absolute atomic E-state index is 0.0744. The maximum Gasteiger partial charge on any atom is 0.232 e. The van der Waals surface area contributed by atoms with Crippen LogP contribution >= 0.6 is 0 Å². The van der Waals surface area contributed by atoms with Gasteiger partial charge in [0.2, 0.25) is 10.0 Å². The highest BCUT2D eigenvalue weighted by Gasteiger charge is 2.23. The molecule has 1 N–H and O–H groups in total. The highest BCUT2D eigenvalue weighted by atomic mass is 32.2. The lowest BCUT2D eigenvalue weighted by molar-refractivity contribution is 0.438. The van der Waals surface area contributed by atoms with E-state index in [2.05, 4.69) is 11.6 Å². The molecule has 3 rings (SSSR count). The van der Waals surface area contributed by atoms with Crippen LogP contribution in [0.4, 0.5) is 5.69 Å². The lowest BCUT2D eigenvalue weighted by Gasteiger charge is -2.16. The lowest BCUT2D eigenvalue weighted by atomic mass is 9.88. The average molecular weight is 307 g/mol. The summed E-state index contributed by atoms with van der Waals surface area (Å²) >= 11 is 0. The van der Waals surface area contributed by atoms with Gasteiger partial charge in [0.05, 0.1) is 11.4 Å². The Kier molecular flexibility index (Phi) is 3.48. The third-order valence-electron chi connectivity index (χ3n) is 4.28. The van der Waals surface area contributed by atoms with Crippen molar-refractivity contribution in [1.29, 1.82) is 0 Å². The minimum Gasteiger partial charge on any atom is -0.461 e. The first-order chi connectivity index (χ1) is 9.89. The van der Waals surface area contributed by atoms with Gasteiger partial charge < -0.3 is 4.42 Å². The normalized spacial score (nSPS) is 18.7. The zero-order chi connectivity index (χ0) is 15.2. The van der Waals surface area contributed by atoms with Gasteiger partial charge in [0.25, 0.3) is 0 Å². The van der Waals surface area contributed by atoms with Crippen LogP contribution in [0.2, 0.25) is 0 Å². The van der Waals surface area contributed by atoms with E-state index in [9.17, 15) is 8.42 Å². The Morgan fingerprint density at radius 3 is 2.86 bits per heavy atom. The van der Waals surface area contributed by atoms with Gasteiger partial charge in [-0.3, -0.25) is 4.72 Å². The van der Waals surface area contributed by atoms with E-state index in [0.717, 1.165) is 41.6 Å². The van der Waals surface area contributed by atoms with E-state index in [1.807, 2.05) is 19.1 Å². The topological polar surface area (TPSA) is 59.3 Å². The molecular weight excluding hydrogens is 286 g/mol. The Hall–Kier alpha value is -1.49. The van der Waals surface area contributed by atoms with Crippen molar-refractivity contribution in [3.05, 3.63) is 29.0 Å². The standard InChI is InChI=1S/C16H21NO3S/c1-4-21(18,19)17-14-9-13-12-7-10(2)5-6-15(12)20-16(13)8-11(14)3/h8-10,17H,4-7H2,1-3H3/t10-/m0/s1. The van der Waals surface area contributed by atoms with Crippen molar-refractivity contribution in [2.75, 3.05) is 10.5 Å². The third kappa shape index (κ3) is 2.67. The molecule has 5 heteroatoms. The molecule has 1 aliphatic rings. The summed E-state index contributed by atoms with van der Waals surface area (Å²) in [4.78, 5) is 0. The lowest BCUT2D eigenvalue weighted by Crippen LogP contribution is -2.15. The highest BCUT2D eigenvalue weighted by Crippen LogP contribution is 2.36. The molecule has 0 bridgehead atoms. The van der Waals surface area contributed by atoms with Crippen molar-refractivity contribution >= 4 is 26.7 Å². The number of nitrogens with one attached hydrogen (secondary N) is 1. The predicted octanol–water partition coefficient (Wildman–Crippen LogP) is 3.63. The summed E-state index contributed by atoms with van der Waals surface area (Å²) < 4.78 is 32.2. The number of fused-ring (bicyclic) bond motifs is 3. The molecule has 1 aromatic heterocycles. The second-order valence-electron chi connectivity index (χ2n) is 6.02. The van der Waals surface area contributed by atoms with Crippen LogP contribution in [0.25, 0.3) is 11.0 Å². The van der Waals surface area contributed by atoms with Crippen molar-refractivity contribution in [2.45, 2.75) is 40.0 Å². The SMILES string of the molecule is CCS(=O)(=O)Nc1cc2c3c(oc2cc1C)CC[C@H](C)C3. The van der Waals surface area contributed by atoms with E-state index in [-0.39, 0.29) is 5.75 Å². The van der Waals surface area contributed by atoms with Crippen molar-refractivity contribution in [3.8, 4) is 0 Å². The summed E-state index contributed by atoms with van der Waals surface area (Å²) in [6, 6.07) is 3.87. The minimum atomic E-state index is -3.26. The number of furan rings is 1. The molecule has 1 aliphatic carbocycles. The molecule has 0 unspecified atom stereocenters. The van der Waals surface area contributed by atoms with Crippen molar-refractivity contribution in [1.82, 2.24) is 0 Å². The van der Waals surface area contributed by atoms with Gasteiger partial charge in [0.15, 0.2) is 0 Å². The third-order valence-corrected chi connectivity index (χ3v) is 5.57. The van der Waals surface area contributed by atoms with Crippen molar-refractivity contribution in [2.24, 2.45) is 5.92 Å². The molecular formula is C16H21NO3S. The fourth-order valence-electron chi connectivity index (χ4n) is 2.95. The van der Waals surface area contributed by atoms with Gasteiger partial charge in [-0.25, -0.2) is 8.42 Å². The Morgan fingerprint density at radius 1 is 1.38 bits per heavy atom. The first-order valence-corrected chi connectivity index (χ1v) is 9.10. The Bertz CT molecular complexity index is 789. The molecule has 0 saturated heterocycles. The Balaban J connectivity index is 2.11. The summed E-state index contributed by atoms with van der Waals surface area (Å²) in [7, 11) is -3.26. The van der Waals surface area contributed by atoms with Gasteiger partial charge in [0, 0.05) is 17.4 Å². The van der Waals surface area contributed by atoms with Crippen LogP contribution in [0.1, 0.15) is 37.2 Å². The van der Waals surface area contributed by atoms with Gasteiger partial charge in [-0.15, -0.1) is 0 Å². The maximum absolute atomic E-state index is 11.8. The molecule has 1 heterocycles. The monoisotopic (exact) mass is 307 g/mol. The van der Waals surface area contributed by atoms with Crippen molar-refractivity contribution in [3.63, 3.8) is 0 Å². The second kappa shape index (κ2) is 5.05. The van der Waals surface area contributed by atoms with Crippen LogP contribution in [-0.2, 0) is 22.9 Å². The first-order valence-electron chi connectivity index (χ1n) is 7.45. The summed E-state index contributed by atoms with van der Waals surface area (Å²) in [5.41, 5.74) is 3.66. The number of benzene rings is 1. The largest absolute Gasteiger partial charge is 0.461 e. The van der Waals surface area contributed by atoms with E-state index in [1.165, 1.54) is 5.56 Å². The highest BCUT2D eigenvalue weighted by molar-refractivity contribution is 7.92. The van der Waals surface area contributed by atoms with Gasteiger partial charge >= 0.3 is 0 Å². The van der Waals surface area contributed by atoms with Crippen molar-refractivity contribution < 1.29 is 12.8 Å². The maximum atomic E-state index is 11.8. The van der Waals surface area contributed by atoms with Gasteiger partial charge in [-0.1, -0.05) is 6.92 Å². The second-order valence-corrected chi connectivity index (χ2v) is 8.03. The Labute approximate surface area is 125 Å². The molecule has 4 nitrogen and oxygen atoms in total. The fourth-order valence-corrected chi connectivity index (χ4v) is 3.65. The van der Waals surface area contributed by atoms with E-state index in [4.69, 9.17) is 4.42 Å². The quantitative estimate of drug-likeness (QED) is 0.942. The fraction of sp³-hybridized carbons (Fsp3) is 0.500. The van der Waals surface area contributed by atoms with E-state index < -0.39 is 10.0 Å². The van der Waals surface area contributed by atoms with E-state index >= 15 is 0 Å². The smallest absolute Gasteiger partial charge is 0.232 e. The van der Waals surface area contributed by atoms with Crippen LogP contribution in [0, 0.1) is 12.8 Å². The van der Waals surface area contributed by atoms with Crippen LogP contribution < -0.4 is 4.72 Å². The van der Waals surface area contributed by atoms with Gasteiger partial charge in [-0.05, 0) is 50.3 Å². The summed E-state index contributed by atoms with van der Waals surface area (Å²) in [6.07, 6.45) is 3.13. The molecule has 0 aliphatic heterocycles. The van der Waals surface area contributed by atoms with Crippen LogP contribution in [0.3, 0.4) is 0 Å². The van der Waals surface area contributed by atoms with E-state index in [1.54, 1.807) is 6.92 Å². The van der Waals surface area contributed by atoms with E-state index in [0.29, 0.717) is 11.6 Å². The number of aryl methyl sites for hydroxylation is 2. The zero-order valence-electron chi connectivity index (χ0n) is 12.7. The zero-order valence-corrected chi connectivity index (χ0v) is 13.5. The molecule has 0 amide bonds. The molecule has 0 saturated carbocycles. The summed E-state index contributed by atoms with van der Waals surface area (Å²) in [5, 5.41) is 1.05. The molecule has 1 atom stereocenters. The molecule has 0 fully saturated rings. The summed E-state index contributed by atoms with van der Waals surface area (Å²) in [5.74, 6) is 1.79. The van der Waals surface area contributed by atoms with Gasteiger partial charge in [0.1, 0.15) is 11.3 Å². The number of hydrogen-bond acceptors (Lipinski definition) is 3.